The molecule has 0 aliphatic heterocycles. The lowest BCUT2D eigenvalue weighted by Gasteiger charge is -2.10. The van der Waals surface area contributed by atoms with Crippen LogP contribution >= 0.6 is 0 Å². The number of nitrogens with zero attached hydrogens (tertiary/aromatic N) is 2. The van der Waals surface area contributed by atoms with Crippen molar-refractivity contribution in [3.05, 3.63) is 125 Å². The maximum absolute atomic E-state index is 13.3. The van der Waals surface area contributed by atoms with Gasteiger partial charge >= 0.3 is 5.56 Å². The summed E-state index contributed by atoms with van der Waals surface area (Å²) >= 11 is 0. The molecular formula is C25H21N2O2+. The summed E-state index contributed by atoms with van der Waals surface area (Å²) in [4.78, 5) is 13.3. The second-order valence-corrected chi connectivity index (χ2v) is 6.76. The van der Waals surface area contributed by atoms with Gasteiger partial charge in [0.15, 0.2) is 0 Å². The summed E-state index contributed by atoms with van der Waals surface area (Å²) < 4.78 is 3.21. The first-order valence-corrected chi connectivity index (χ1v) is 9.39. The van der Waals surface area contributed by atoms with Gasteiger partial charge in [0.1, 0.15) is 16.9 Å². The van der Waals surface area contributed by atoms with Crippen molar-refractivity contribution in [3.63, 3.8) is 0 Å². The zero-order valence-corrected chi connectivity index (χ0v) is 15.9. The van der Waals surface area contributed by atoms with E-state index in [1.807, 2.05) is 84.9 Å². The molecule has 29 heavy (non-hydrogen) atoms. The fourth-order valence-corrected chi connectivity index (χ4v) is 3.29. The number of hydrogen-bond acceptors (Lipinski definition) is 2. The van der Waals surface area contributed by atoms with Crippen molar-refractivity contribution >= 4 is 6.08 Å². The third-order valence-electron chi connectivity index (χ3n) is 4.87. The van der Waals surface area contributed by atoms with E-state index >= 15 is 0 Å². The molecule has 4 nitrogen and oxygen atoms in total. The average molecular weight is 381 g/mol. The predicted molar refractivity (Wildman–Crippen MR) is 115 cm³/mol. The summed E-state index contributed by atoms with van der Waals surface area (Å²) in [5.41, 5.74) is 3.56. The van der Waals surface area contributed by atoms with Crippen LogP contribution in [0.2, 0.25) is 0 Å². The van der Waals surface area contributed by atoms with Crippen LogP contribution < -0.4 is 10.1 Å². The Balaban J connectivity index is 1.90. The molecule has 1 aromatic heterocycles. The molecule has 4 heteroatoms. The van der Waals surface area contributed by atoms with E-state index in [1.165, 1.54) is 0 Å². The Morgan fingerprint density at radius 2 is 1.52 bits per heavy atom. The number of para-hydroxylation sites is 2. The molecule has 0 amide bonds. The quantitative estimate of drug-likeness (QED) is 0.530. The van der Waals surface area contributed by atoms with Crippen molar-refractivity contribution in [2.24, 2.45) is 0 Å². The number of rotatable bonds is 5. The van der Waals surface area contributed by atoms with Gasteiger partial charge in [0.25, 0.3) is 12.2 Å². The van der Waals surface area contributed by atoms with Crippen molar-refractivity contribution in [2.45, 2.75) is 6.42 Å². The van der Waals surface area contributed by atoms with Gasteiger partial charge in [0.05, 0.1) is 0 Å². The van der Waals surface area contributed by atoms with Gasteiger partial charge < -0.3 is 5.11 Å². The van der Waals surface area contributed by atoms with Crippen molar-refractivity contribution in [1.29, 1.82) is 0 Å². The highest BCUT2D eigenvalue weighted by molar-refractivity contribution is 5.47. The van der Waals surface area contributed by atoms with Crippen molar-refractivity contribution in [1.82, 2.24) is 4.57 Å². The Kier molecular flexibility index (Phi) is 5.08. The minimum atomic E-state index is -0.242. The molecule has 0 saturated carbocycles. The van der Waals surface area contributed by atoms with Gasteiger partial charge in [0.2, 0.25) is 0 Å². The molecule has 3 aromatic carbocycles. The molecule has 0 aliphatic carbocycles. The van der Waals surface area contributed by atoms with E-state index in [4.69, 9.17) is 0 Å². The Bertz CT molecular complexity index is 1200. The standard InChI is InChI=1S/C25H20N2O2/c1-2-19-13-15-20(16-14-19)17-23-24(28)26(21-9-5-3-6-10-21)18-27(25(23)29)22-11-7-4-8-12-22/h2-16,18H,1,17H2/p+1. The van der Waals surface area contributed by atoms with E-state index in [0.717, 1.165) is 22.5 Å². The van der Waals surface area contributed by atoms with Crippen LogP contribution in [0.1, 0.15) is 16.7 Å². The van der Waals surface area contributed by atoms with E-state index in [1.54, 1.807) is 21.5 Å². The topological polar surface area (TPSA) is 46.1 Å². The highest BCUT2D eigenvalue weighted by Gasteiger charge is 2.23. The van der Waals surface area contributed by atoms with Crippen molar-refractivity contribution in [3.8, 4) is 17.3 Å². The fraction of sp³-hybridized carbons (Fsp3) is 0.0400. The number of aromatic nitrogens is 2. The minimum Gasteiger partial charge on any atom is -0.477 e. The lowest BCUT2D eigenvalue weighted by Crippen LogP contribution is -2.40. The lowest BCUT2D eigenvalue weighted by molar-refractivity contribution is -0.609. The second kappa shape index (κ2) is 7.98. The van der Waals surface area contributed by atoms with Crippen LogP contribution in [0, 0.1) is 0 Å². The highest BCUT2D eigenvalue weighted by Crippen LogP contribution is 2.17. The van der Waals surface area contributed by atoms with E-state index in [9.17, 15) is 9.90 Å². The predicted octanol–water partition coefficient (Wildman–Crippen LogP) is 4.05. The molecule has 0 saturated heterocycles. The van der Waals surface area contributed by atoms with Gasteiger partial charge in [-0.05, 0) is 35.4 Å². The van der Waals surface area contributed by atoms with E-state index < -0.39 is 0 Å². The van der Waals surface area contributed by atoms with E-state index in [-0.39, 0.29) is 11.4 Å². The Morgan fingerprint density at radius 1 is 0.897 bits per heavy atom. The van der Waals surface area contributed by atoms with Gasteiger partial charge in [-0.2, -0.15) is 9.13 Å². The fourth-order valence-electron chi connectivity index (χ4n) is 3.29. The SMILES string of the molecule is C=Cc1ccc(Cc2c(O)[n+](-c3ccccc3)cn(-c3ccccc3)c2=O)cc1. The van der Waals surface area contributed by atoms with Gasteiger partial charge in [-0.3, -0.25) is 0 Å². The Labute approximate surface area is 169 Å². The minimum absolute atomic E-state index is 0.0545. The highest BCUT2D eigenvalue weighted by atomic mass is 16.3. The average Bonchev–Trinajstić information content (AvgIpc) is 2.78. The maximum atomic E-state index is 13.3. The van der Waals surface area contributed by atoms with Crippen LogP contribution in [0.4, 0.5) is 0 Å². The van der Waals surface area contributed by atoms with Crippen LogP contribution in [0.15, 0.2) is 103 Å². The lowest BCUT2D eigenvalue weighted by atomic mass is 10.0. The molecule has 0 radical (unpaired) electrons. The van der Waals surface area contributed by atoms with Gasteiger partial charge in [-0.1, -0.05) is 73.3 Å². The molecule has 0 atom stereocenters. The molecule has 0 bridgehead atoms. The summed E-state index contributed by atoms with van der Waals surface area (Å²) in [6, 6.07) is 26.7. The maximum Gasteiger partial charge on any atom is 0.349 e. The zero-order valence-electron chi connectivity index (χ0n) is 15.9. The van der Waals surface area contributed by atoms with Crippen molar-refractivity contribution in [2.75, 3.05) is 0 Å². The Morgan fingerprint density at radius 3 is 2.14 bits per heavy atom. The summed E-state index contributed by atoms with van der Waals surface area (Å²) in [7, 11) is 0. The van der Waals surface area contributed by atoms with Crippen LogP contribution in [-0.4, -0.2) is 9.67 Å². The molecule has 0 unspecified atom stereocenters. The summed E-state index contributed by atoms with van der Waals surface area (Å²) in [6.45, 7) is 3.77. The number of aromatic hydroxyl groups is 1. The van der Waals surface area contributed by atoms with Crippen LogP contribution in [0.3, 0.4) is 0 Å². The molecule has 0 spiro atoms. The van der Waals surface area contributed by atoms with Crippen LogP contribution in [-0.2, 0) is 6.42 Å². The molecular weight excluding hydrogens is 360 g/mol. The molecule has 0 fully saturated rings. The molecule has 0 aliphatic rings. The summed E-state index contributed by atoms with van der Waals surface area (Å²) in [6.07, 6.45) is 3.73. The first-order chi connectivity index (χ1) is 14.2. The van der Waals surface area contributed by atoms with Gasteiger partial charge in [-0.15, -0.1) is 0 Å². The normalized spacial score (nSPS) is 10.6. The molecule has 142 valence electrons. The van der Waals surface area contributed by atoms with E-state index in [2.05, 4.69) is 6.58 Å². The molecule has 4 aromatic rings. The van der Waals surface area contributed by atoms with Crippen LogP contribution in [0.25, 0.3) is 17.5 Å². The zero-order chi connectivity index (χ0) is 20.2. The first-order valence-electron chi connectivity index (χ1n) is 9.39. The molecule has 1 N–H and O–H groups in total. The van der Waals surface area contributed by atoms with E-state index in [0.29, 0.717) is 12.0 Å². The number of benzene rings is 3. The summed E-state index contributed by atoms with van der Waals surface area (Å²) in [5.74, 6) is -0.0545. The van der Waals surface area contributed by atoms with Gasteiger partial charge in [0, 0.05) is 6.42 Å². The largest absolute Gasteiger partial charge is 0.477 e. The Hall–Kier alpha value is -3.92. The molecule has 1 heterocycles. The van der Waals surface area contributed by atoms with Crippen LogP contribution in [0.5, 0.6) is 5.88 Å². The molecule has 4 rings (SSSR count). The third-order valence-corrected chi connectivity index (χ3v) is 4.87. The second-order valence-electron chi connectivity index (χ2n) is 6.76. The summed E-state index contributed by atoms with van der Waals surface area (Å²) in [5, 5.41) is 11.0. The third kappa shape index (κ3) is 3.73. The first kappa shape index (κ1) is 18.4. The van der Waals surface area contributed by atoms with Gasteiger partial charge in [-0.25, -0.2) is 4.79 Å². The smallest absolute Gasteiger partial charge is 0.349 e. The number of hydrogen-bond donors (Lipinski definition) is 1. The monoisotopic (exact) mass is 381 g/mol. The van der Waals surface area contributed by atoms with Crippen molar-refractivity contribution < 1.29 is 9.67 Å².